The van der Waals surface area contributed by atoms with Crippen LogP contribution in [0.4, 0.5) is 0 Å². The highest BCUT2D eigenvalue weighted by Gasteiger charge is 2.11. The summed E-state index contributed by atoms with van der Waals surface area (Å²) in [5, 5.41) is 12.2. The van der Waals surface area contributed by atoms with E-state index < -0.39 is 0 Å². The van der Waals surface area contributed by atoms with Gasteiger partial charge in [-0.25, -0.2) is 0 Å². The van der Waals surface area contributed by atoms with Crippen LogP contribution in [0.25, 0.3) is 12.2 Å². The fraction of sp³-hybridized carbons (Fsp3) is 0.130. The number of nitrogens with zero attached hydrogens (tertiary/aromatic N) is 2. The van der Waals surface area contributed by atoms with Crippen LogP contribution in [0.5, 0.6) is 5.75 Å². The molecule has 0 radical (unpaired) electrons. The lowest BCUT2D eigenvalue weighted by atomic mass is 10.1. The summed E-state index contributed by atoms with van der Waals surface area (Å²) in [6.07, 6.45) is 4.21. The van der Waals surface area contributed by atoms with Gasteiger partial charge in [-0.15, -0.1) is 0 Å². The van der Waals surface area contributed by atoms with Crippen molar-refractivity contribution < 1.29 is 9.94 Å². The van der Waals surface area contributed by atoms with Gasteiger partial charge in [0, 0.05) is 12.1 Å². The van der Waals surface area contributed by atoms with Crippen LogP contribution in [0, 0.1) is 0 Å². The van der Waals surface area contributed by atoms with E-state index in [0.717, 1.165) is 16.9 Å². The number of hydrogen-bond acceptors (Lipinski definition) is 4. The smallest absolute Gasteiger partial charge is 0.269 e. The van der Waals surface area contributed by atoms with Crippen LogP contribution >= 0.6 is 23.2 Å². The van der Waals surface area contributed by atoms with Crippen LogP contribution < -0.4 is 16.0 Å². The van der Waals surface area contributed by atoms with E-state index >= 15 is 0 Å². The lowest BCUT2D eigenvalue weighted by molar-refractivity contribution is 0.318. The molecule has 0 saturated heterocycles. The van der Waals surface area contributed by atoms with Crippen molar-refractivity contribution in [1.29, 1.82) is 0 Å². The monoisotopic (exact) mass is 457 g/mol. The SMILES string of the molecule is COc1cccc(C=Cc2c(Cl)cc(Cl)c(=O)n2CCc2ccc(C(N)=NO)cc2)c1. The van der Waals surface area contributed by atoms with Crippen molar-refractivity contribution in [3.8, 4) is 5.75 Å². The standard InChI is InChI=1S/C23H21Cl2N3O3/c1-31-18-4-2-3-16(13-18)7-10-21-19(24)14-20(25)23(29)28(21)12-11-15-5-8-17(9-6-15)22(26)27-30/h2-10,13-14,30H,11-12H2,1H3,(H2,26,27). The first kappa shape index (κ1) is 22.5. The number of hydrogen-bond donors (Lipinski definition) is 2. The van der Waals surface area contributed by atoms with Crippen molar-refractivity contribution in [2.24, 2.45) is 10.9 Å². The highest BCUT2D eigenvalue weighted by atomic mass is 35.5. The maximum Gasteiger partial charge on any atom is 0.269 e. The predicted octanol–water partition coefficient (Wildman–Crippen LogP) is 4.67. The Kier molecular flexibility index (Phi) is 7.39. The third-order valence-corrected chi connectivity index (χ3v) is 5.32. The third-order valence-electron chi connectivity index (χ3n) is 4.75. The summed E-state index contributed by atoms with van der Waals surface area (Å²) >= 11 is 12.5. The average molecular weight is 458 g/mol. The number of amidine groups is 1. The van der Waals surface area contributed by atoms with Crippen molar-refractivity contribution in [2.75, 3.05) is 7.11 Å². The number of benzene rings is 2. The van der Waals surface area contributed by atoms with Gasteiger partial charge in [0.1, 0.15) is 10.8 Å². The number of halogens is 2. The second-order valence-corrected chi connectivity index (χ2v) is 7.54. The number of ether oxygens (including phenoxy) is 1. The zero-order valence-corrected chi connectivity index (χ0v) is 18.3. The van der Waals surface area contributed by atoms with Gasteiger partial charge < -0.3 is 20.2 Å². The molecule has 1 aromatic heterocycles. The Morgan fingerprint density at radius 2 is 1.87 bits per heavy atom. The maximum absolute atomic E-state index is 12.7. The molecule has 1 heterocycles. The zero-order valence-electron chi connectivity index (χ0n) is 16.8. The molecular formula is C23H21Cl2N3O3. The van der Waals surface area contributed by atoms with Crippen molar-refractivity contribution in [1.82, 2.24) is 4.57 Å². The van der Waals surface area contributed by atoms with Gasteiger partial charge in [-0.1, -0.05) is 70.8 Å². The molecule has 6 nitrogen and oxygen atoms in total. The van der Waals surface area contributed by atoms with E-state index in [1.807, 2.05) is 42.5 Å². The minimum absolute atomic E-state index is 0.0364. The quantitative estimate of drug-likeness (QED) is 0.233. The van der Waals surface area contributed by atoms with Crippen LogP contribution in [0.3, 0.4) is 0 Å². The van der Waals surface area contributed by atoms with Gasteiger partial charge >= 0.3 is 0 Å². The minimum Gasteiger partial charge on any atom is -0.497 e. The summed E-state index contributed by atoms with van der Waals surface area (Å²) in [6.45, 7) is 0.375. The molecule has 0 unspecified atom stereocenters. The second-order valence-electron chi connectivity index (χ2n) is 6.72. The summed E-state index contributed by atoms with van der Waals surface area (Å²) in [6, 6.07) is 16.2. The first-order valence-corrected chi connectivity index (χ1v) is 10.2. The number of methoxy groups -OCH3 is 1. The molecule has 0 aliphatic heterocycles. The topological polar surface area (TPSA) is 89.8 Å². The van der Waals surface area contributed by atoms with Gasteiger partial charge in [0.05, 0.1) is 17.8 Å². The number of rotatable bonds is 7. The highest BCUT2D eigenvalue weighted by Crippen LogP contribution is 2.22. The molecule has 3 N–H and O–H groups in total. The lowest BCUT2D eigenvalue weighted by Crippen LogP contribution is -2.24. The zero-order chi connectivity index (χ0) is 22.4. The second kappa shape index (κ2) is 10.2. The fourth-order valence-corrected chi connectivity index (χ4v) is 3.61. The van der Waals surface area contributed by atoms with E-state index in [0.29, 0.717) is 29.2 Å². The van der Waals surface area contributed by atoms with Crippen molar-refractivity contribution in [2.45, 2.75) is 13.0 Å². The van der Waals surface area contributed by atoms with Crippen LogP contribution in [-0.2, 0) is 13.0 Å². The Hall–Kier alpha value is -3.22. The summed E-state index contributed by atoms with van der Waals surface area (Å²) in [7, 11) is 1.61. The van der Waals surface area contributed by atoms with E-state index in [4.69, 9.17) is 38.9 Å². The molecular weight excluding hydrogens is 437 g/mol. The Bertz CT molecular complexity index is 1190. The van der Waals surface area contributed by atoms with Gasteiger partial charge in [-0.3, -0.25) is 4.79 Å². The number of pyridine rings is 1. The Balaban J connectivity index is 1.89. The normalized spacial score (nSPS) is 11.8. The Morgan fingerprint density at radius 3 is 2.55 bits per heavy atom. The van der Waals surface area contributed by atoms with Crippen molar-refractivity contribution in [3.05, 3.63) is 97.4 Å². The Morgan fingerprint density at radius 1 is 1.13 bits per heavy atom. The molecule has 0 aliphatic rings. The molecule has 0 saturated carbocycles. The Labute approximate surface area is 189 Å². The van der Waals surface area contributed by atoms with Crippen LogP contribution in [0.1, 0.15) is 22.4 Å². The average Bonchev–Trinajstić information content (AvgIpc) is 2.79. The van der Waals surface area contributed by atoms with E-state index in [1.54, 1.807) is 29.9 Å². The molecule has 0 amide bonds. The minimum atomic E-state index is -0.315. The molecule has 2 aromatic carbocycles. The van der Waals surface area contributed by atoms with E-state index in [-0.39, 0.29) is 16.4 Å². The first-order chi connectivity index (χ1) is 14.9. The number of aromatic nitrogens is 1. The molecule has 8 heteroatoms. The van der Waals surface area contributed by atoms with Crippen LogP contribution in [0.15, 0.2) is 64.5 Å². The number of aryl methyl sites for hydroxylation is 1. The maximum atomic E-state index is 12.7. The largest absolute Gasteiger partial charge is 0.497 e. The van der Waals surface area contributed by atoms with E-state index in [2.05, 4.69) is 5.16 Å². The molecule has 0 spiro atoms. The molecule has 0 atom stereocenters. The van der Waals surface area contributed by atoms with E-state index in [1.165, 1.54) is 6.07 Å². The van der Waals surface area contributed by atoms with E-state index in [9.17, 15) is 4.79 Å². The van der Waals surface area contributed by atoms with Gasteiger partial charge in [-0.05, 0) is 41.8 Å². The molecule has 0 fully saturated rings. The number of oxime groups is 1. The summed E-state index contributed by atoms with van der Waals surface area (Å²) in [4.78, 5) is 12.7. The summed E-state index contributed by atoms with van der Waals surface area (Å²) < 4.78 is 6.80. The van der Waals surface area contributed by atoms with Gasteiger partial charge in [0.25, 0.3) is 5.56 Å². The summed E-state index contributed by atoms with van der Waals surface area (Å²) in [5.74, 6) is 0.770. The van der Waals surface area contributed by atoms with Crippen LogP contribution in [0.2, 0.25) is 10.0 Å². The highest BCUT2D eigenvalue weighted by molar-refractivity contribution is 6.35. The molecule has 31 heavy (non-hydrogen) atoms. The first-order valence-electron chi connectivity index (χ1n) is 9.40. The third kappa shape index (κ3) is 5.48. The molecule has 0 aliphatic carbocycles. The van der Waals surface area contributed by atoms with Gasteiger partial charge in [-0.2, -0.15) is 0 Å². The predicted molar refractivity (Wildman–Crippen MR) is 125 cm³/mol. The van der Waals surface area contributed by atoms with Crippen LogP contribution in [-0.4, -0.2) is 22.7 Å². The summed E-state index contributed by atoms with van der Waals surface area (Å²) in [5.41, 5.74) is 8.32. The van der Waals surface area contributed by atoms with Crippen molar-refractivity contribution in [3.63, 3.8) is 0 Å². The lowest BCUT2D eigenvalue weighted by Gasteiger charge is -2.13. The molecule has 3 aromatic rings. The van der Waals surface area contributed by atoms with Crippen molar-refractivity contribution >= 4 is 41.2 Å². The molecule has 0 bridgehead atoms. The van der Waals surface area contributed by atoms with Gasteiger partial charge in [0.15, 0.2) is 5.84 Å². The number of nitrogens with two attached hydrogens (primary N) is 1. The fourth-order valence-electron chi connectivity index (χ4n) is 3.07. The molecule has 3 rings (SSSR count). The molecule has 160 valence electrons. The van der Waals surface area contributed by atoms with Gasteiger partial charge in [0.2, 0.25) is 0 Å².